The zero-order valence-corrected chi connectivity index (χ0v) is 21.6. The molecular formula is C29H31ClN4O3. The van der Waals surface area contributed by atoms with Crippen molar-refractivity contribution >= 4 is 40.1 Å². The average Bonchev–Trinajstić information content (AvgIpc) is 3.23. The third-order valence-electron chi connectivity index (χ3n) is 9.44. The smallest absolute Gasteiger partial charge is 0.306 e. The Bertz CT molecular complexity index is 1390. The maximum Gasteiger partial charge on any atom is 0.306 e. The van der Waals surface area contributed by atoms with Gasteiger partial charge in [0.1, 0.15) is 0 Å². The first-order valence-electron chi connectivity index (χ1n) is 13.3. The average molecular weight is 519 g/mol. The predicted octanol–water partition coefficient (Wildman–Crippen LogP) is 5.13. The van der Waals surface area contributed by atoms with Crippen molar-refractivity contribution in [3.05, 3.63) is 58.7 Å². The molecule has 1 aliphatic heterocycles. The lowest BCUT2D eigenvalue weighted by atomic mass is 9.50. The highest BCUT2D eigenvalue weighted by molar-refractivity contribution is 6.36. The van der Waals surface area contributed by atoms with Crippen LogP contribution in [0.25, 0.3) is 10.9 Å². The molecule has 3 saturated carbocycles. The van der Waals surface area contributed by atoms with Crippen molar-refractivity contribution in [3.8, 4) is 0 Å². The predicted molar refractivity (Wildman–Crippen MR) is 142 cm³/mol. The molecule has 3 aliphatic carbocycles. The molecule has 37 heavy (non-hydrogen) atoms. The van der Waals surface area contributed by atoms with Crippen molar-refractivity contribution in [2.45, 2.75) is 51.1 Å². The van der Waals surface area contributed by atoms with Gasteiger partial charge in [-0.05, 0) is 86.1 Å². The van der Waals surface area contributed by atoms with Crippen LogP contribution in [-0.4, -0.2) is 45.9 Å². The molecule has 3 aromatic rings. The molecule has 0 bridgehead atoms. The summed E-state index contributed by atoms with van der Waals surface area (Å²) in [6.07, 6.45) is 6.28. The molecule has 7 nitrogen and oxygen atoms in total. The Hall–Kier alpha value is -3.06. The van der Waals surface area contributed by atoms with Crippen molar-refractivity contribution < 1.29 is 14.7 Å². The fourth-order valence-electron chi connectivity index (χ4n) is 7.17. The van der Waals surface area contributed by atoms with E-state index >= 15 is 0 Å². The molecule has 1 spiro atoms. The van der Waals surface area contributed by atoms with Crippen molar-refractivity contribution in [2.75, 3.05) is 18.0 Å². The Kier molecular flexibility index (Phi) is 5.13. The number of carbonyl (C=O) groups excluding carboxylic acids is 1. The van der Waals surface area contributed by atoms with Gasteiger partial charge < -0.3 is 15.3 Å². The fourth-order valence-corrected chi connectivity index (χ4v) is 7.37. The molecule has 192 valence electrons. The third-order valence-corrected chi connectivity index (χ3v) is 9.77. The Balaban J connectivity index is 1.10. The van der Waals surface area contributed by atoms with E-state index in [9.17, 15) is 14.7 Å². The van der Waals surface area contributed by atoms with Crippen LogP contribution in [0.3, 0.4) is 0 Å². The Morgan fingerprint density at radius 3 is 2.46 bits per heavy atom. The van der Waals surface area contributed by atoms with Gasteiger partial charge in [0.2, 0.25) is 0 Å². The molecule has 2 aromatic carbocycles. The zero-order valence-electron chi connectivity index (χ0n) is 20.9. The van der Waals surface area contributed by atoms with E-state index in [-0.39, 0.29) is 29.3 Å². The van der Waals surface area contributed by atoms with Crippen LogP contribution in [0.15, 0.2) is 42.6 Å². The first-order valence-corrected chi connectivity index (χ1v) is 13.7. The number of piperidine rings is 1. The van der Waals surface area contributed by atoms with E-state index in [4.69, 9.17) is 11.6 Å². The number of nitrogens with zero attached hydrogens (tertiary/aromatic N) is 3. The maximum atomic E-state index is 13.4. The topological polar surface area (TPSA) is 87.5 Å². The van der Waals surface area contributed by atoms with Crippen molar-refractivity contribution in [1.29, 1.82) is 0 Å². The van der Waals surface area contributed by atoms with Crippen LogP contribution in [0.4, 0.5) is 5.69 Å². The molecule has 0 unspecified atom stereocenters. The molecular weight excluding hydrogens is 488 g/mol. The van der Waals surface area contributed by atoms with Crippen LogP contribution in [0.1, 0.15) is 61.0 Å². The summed E-state index contributed by atoms with van der Waals surface area (Å²) in [7, 11) is 0. The van der Waals surface area contributed by atoms with Gasteiger partial charge >= 0.3 is 5.97 Å². The van der Waals surface area contributed by atoms with Gasteiger partial charge in [0, 0.05) is 30.2 Å². The molecule has 1 aromatic heterocycles. The number of hydrogen-bond acceptors (Lipinski definition) is 4. The van der Waals surface area contributed by atoms with Crippen LogP contribution in [0.2, 0.25) is 5.02 Å². The minimum atomic E-state index is -0.703. The van der Waals surface area contributed by atoms with E-state index in [1.54, 1.807) is 18.3 Å². The molecule has 2 heterocycles. The number of carboxylic acid groups (broad SMARTS) is 1. The standard InChI is InChI=1S/C29H31ClN4O3/c1-16(17-2-4-22(5-3-17)33-14-18-8-19(18)15-33)34-26-23(6-7-25(30)24(26)13-31-34)27(35)32-21-11-29(12-21)9-20(10-29)28(36)37/h2-7,13,16,18-21H,8-12,14-15H2,1H3,(H,32,35)(H,36,37)/t16-,18-,19+,20?,21?,29?/m0/s1. The number of carbonyl (C=O) groups is 2. The first-order chi connectivity index (χ1) is 17.8. The minimum absolute atomic E-state index is 0.0709. The SMILES string of the molecule is C[C@@H](c1ccc(N2C[C@H]3C[C@H]3C2)cc1)n1ncc2c(Cl)ccc(C(=O)NC3CC4(C3)CC(C(=O)O)C4)c21. The Morgan fingerprint density at radius 1 is 1.08 bits per heavy atom. The van der Waals surface area contributed by atoms with Crippen LogP contribution in [0, 0.1) is 23.2 Å². The van der Waals surface area contributed by atoms with Gasteiger partial charge in [0.15, 0.2) is 0 Å². The van der Waals surface area contributed by atoms with Crippen molar-refractivity contribution in [1.82, 2.24) is 15.1 Å². The van der Waals surface area contributed by atoms with Gasteiger partial charge in [0.05, 0.1) is 34.3 Å². The third kappa shape index (κ3) is 3.81. The van der Waals surface area contributed by atoms with E-state index in [1.807, 2.05) is 4.68 Å². The lowest BCUT2D eigenvalue weighted by molar-refractivity contribution is -0.155. The highest BCUT2D eigenvalue weighted by atomic mass is 35.5. The number of fused-ring (bicyclic) bond motifs is 2. The van der Waals surface area contributed by atoms with E-state index in [2.05, 4.69) is 46.5 Å². The summed E-state index contributed by atoms with van der Waals surface area (Å²) in [6, 6.07) is 12.3. The molecule has 2 N–H and O–H groups in total. The van der Waals surface area contributed by atoms with Gasteiger partial charge in [0.25, 0.3) is 5.91 Å². The van der Waals surface area contributed by atoms with E-state index in [0.717, 1.165) is 54.0 Å². The summed E-state index contributed by atoms with van der Waals surface area (Å²) in [5.41, 5.74) is 3.81. The quantitative estimate of drug-likeness (QED) is 0.472. The number of aromatic nitrogens is 2. The molecule has 4 aliphatic rings. The summed E-state index contributed by atoms with van der Waals surface area (Å²) in [5, 5.41) is 18.4. The molecule has 4 fully saturated rings. The molecule has 1 amide bonds. The van der Waals surface area contributed by atoms with Gasteiger partial charge in [-0.3, -0.25) is 14.3 Å². The number of rotatable bonds is 6. The van der Waals surface area contributed by atoms with Crippen molar-refractivity contribution in [2.24, 2.45) is 23.2 Å². The van der Waals surface area contributed by atoms with Gasteiger partial charge in [-0.15, -0.1) is 0 Å². The number of aliphatic carboxylic acids is 1. The summed E-state index contributed by atoms with van der Waals surface area (Å²) in [6.45, 7) is 4.44. The first kappa shape index (κ1) is 23.1. The molecule has 8 heteroatoms. The van der Waals surface area contributed by atoms with Crippen molar-refractivity contribution in [3.63, 3.8) is 0 Å². The van der Waals surface area contributed by atoms with Gasteiger partial charge in [-0.1, -0.05) is 23.7 Å². The summed E-state index contributed by atoms with van der Waals surface area (Å²) in [5.74, 6) is 0.727. The fraction of sp³-hybridized carbons (Fsp3) is 0.483. The van der Waals surface area contributed by atoms with Gasteiger partial charge in [-0.25, -0.2) is 0 Å². The number of anilines is 1. The highest BCUT2D eigenvalue weighted by Gasteiger charge is 2.55. The normalized spacial score (nSPS) is 30.5. The lowest BCUT2D eigenvalue weighted by Gasteiger charge is -2.56. The van der Waals surface area contributed by atoms with E-state index in [0.29, 0.717) is 10.6 Å². The van der Waals surface area contributed by atoms with Crippen LogP contribution < -0.4 is 10.2 Å². The monoisotopic (exact) mass is 518 g/mol. The largest absolute Gasteiger partial charge is 0.481 e. The number of amides is 1. The number of nitrogens with one attached hydrogen (secondary N) is 1. The second kappa shape index (κ2) is 8.22. The zero-order chi connectivity index (χ0) is 25.5. The summed E-state index contributed by atoms with van der Waals surface area (Å²) in [4.78, 5) is 27.0. The van der Waals surface area contributed by atoms with Gasteiger partial charge in [-0.2, -0.15) is 5.10 Å². The number of hydrogen-bond donors (Lipinski definition) is 2. The summed E-state index contributed by atoms with van der Waals surface area (Å²) < 4.78 is 1.90. The second-order valence-electron chi connectivity index (χ2n) is 11.9. The number of carboxylic acids is 1. The second-order valence-corrected chi connectivity index (χ2v) is 12.3. The maximum absolute atomic E-state index is 13.4. The molecule has 0 radical (unpaired) electrons. The summed E-state index contributed by atoms with van der Waals surface area (Å²) >= 11 is 6.52. The van der Waals surface area contributed by atoms with Crippen LogP contribution in [-0.2, 0) is 4.79 Å². The van der Waals surface area contributed by atoms with E-state index in [1.165, 1.54) is 25.2 Å². The molecule has 7 rings (SSSR count). The van der Waals surface area contributed by atoms with Crippen LogP contribution >= 0.6 is 11.6 Å². The minimum Gasteiger partial charge on any atom is -0.481 e. The number of benzene rings is 2. The van der Waals surface area contributed by atoms with Crippen LogP contribution in [0.5, 0.6) is 0 Å². The number of halogens is 1. The Morgan fingerprint density at radius 2 is 1.78 bits per heavy atom. The molecule has 3 atom stereocenters. The lowest BCUT2D eigenvalue weighted by Crippen LogP contribution is -2.57. The highest BCUT2D eigenvalue weighted by Crippen LogP contribution is 2.58. The van der Waals surface area contributed by atoms with E-state index < -0.39 is 5.97 Å². The molecule has 1 saturated heterocycles. The Labute approximate surface area is 220 Å².